The molecule has 0 aliphatic rings. The molecule has 2 rings (SSSR count). The molecule has 0 spiro atoms. The molecule has 9 heteroatoms. The van der Waals surface area contributed by atoms with Gasteiger partial charge >= 0.3 is 0 Å². The zero-order chi connectivity index (χ0) is 13.9. The molecular formula is C10H12N4O4S. The lowest BCUT2D eigenvalue weighted by atomic mass is 10.5. The third kappa shape index (κ3) is 2.88. The van der Waals surface area contributed by atoms with Crippen LogP contribution in [0.5, 0.6) is 0 Å². The van der Waals surface area contributed by atoms with Crippen LogP contribution < -0.4 is 4.72 Å². The number of aromatic nitrogens is 3. The van der Waals surface area contributed by atoms with E-state index >= 15 is 0 Å². The second-order valence-corrected chi connectivity index (χ2v) is 5.33. The van der Waals surface area contributed by atoms with Gasteiger partial charge in [0, 0.05) is 6.54 Å². The largest absolute Gasteiger partial charge is 0.440 e. The Bertz CT molecular complexity index is 673. The van der Waals surface area contributed by atoms with E-state index in [4.69, 9.17) is 4.42 Å². The van der Waals surface area contributed by atoms with Crippen LogP contribution >= 0.6 is 0 Å². The van der Waals surface area contributed by atoms with Gasteiger partial charge in [0.1, 0.15) is 12.2 Å². The molecular weight excluding hydrogens is 272 g/mol. The second-order valence-electron chi connectivity index (χ2n) is 3.63. The summed E-state index contributed by atoms with van der Waals surface area (Å²) in [6.45, 7) is 2.53. The first-order valence-corrected chi connectivity index (χ1v) is 6.96. The zero-order valence-electron chi connectivity index (χ0n) is 10.1. The maximum absolute atomic E-state index is 11.9. The fourth-order valence-corrected chi connectivity index (χ4v) is 2.37. The highest BCUT2D eigenvalue weighted by Crippen LogP contribution is 2.12. The Balaban J connectivity index is 2.11. The van der Waals surface area contributed by atoms with Crippen LogP contribution in [0.15, 0.2) is 28.0 Å². The Hall–Kier alpha value is -2.00. The second kappa shape index (κ2) is 5.33. The minimum Gasteiger partial charge on any atom is -0.440 e. The number of rotatable bonds is 6. The molecule has 2 aromatic heterocycles. The van der Waals surface area contributed by atoms with E-state index in [1.807, 2.05) is 6.92 Å². The topological polar surface area (TPSA) is 107 Å². The summed E-state index contributed by atoms with van der Waals surface area (Å²) in [5.74, 6) is 0.449. The third-order valence-electron chi connectivity index (χ3n) is 2.44. The van der Waals surface area contributed by atoms with E-state index < -0.39 is 10.0 Å². The van der Waals surface area contributed by atoms with Gasteiger partial charge in [-0.15, -0.1) is 10.2 Å². The van der Waals surface area contributed by atoms with Crippen LogP contribution in [-0.4, -0.2) is 29.5 Å². The lowest BCUT2D eigenvalue weighted by Gasteiger charge is -2.04. The summed E-state index contributed by atoms with van der Waals surface area (Å²) in [5, 5.41) is 7.19. The van der Waals surface area contributed by atoms with Gasteiger partial charge in [-0.3, -0.25) is 4.79 Å². The summed E-state index contributed by atoms with van der Waals surface area (Å²) < 4.78 is 32.7. The first-order chi connectivity index (χ1) is 9.06. The minimum atomic E-state index is -3.81. The quantitative estimate of drug-likeness (QED) is 0.758. The van der Waals surface area contributed by atoms with Crippen LogP contribution in [0, 0.1) is 0 Å². The average molecular weight is 284 g/mol. The highest BCUT2D eigenvalue weighted by molar-refractivity contribution is 7.89. The molecule has 0 saturated heterocycles. The fraction of sp³-hybridized carbons (Fsp3) is 0.300. The minimum absolute atomic E-state index is 0.00665. The molecule has 0 atom stereocenters. The number of hydrogen-bond donors (Lipinski definition) is 1. The first kappa shape index (κ1) is 13.4. The molecule has 0 unspecified atom stereocenters. The van der Waals surface area contributed by atoms with E-state index in [2.05, 4.69) is 14.9 Å². The Morgan fingerprint density at radius 1 is 1.47 bits per heavy atom. The van der Waals surface area contributed by atoms with Crippen LogP contribution in [-0.2, 0) is 23.1 Å². The lowest BCUT2D eigenvalue weighted by Crippen LogP contribution is -2.24. The van der Waals surface area contributed by atoms with Crippen LogP contribution in [0.25, 0.3) is 0 Å². The van der Waals surface area contributed by atoms with Crippen LogP contribution in [0.1, 0.15) is 23.3 Å². The van der Waals surface area contributed by atoms with Crippen molar-refractivity contribution in [2.75, 3.05) is 0 Å². The van der Waals surface area contributed by atoms with Gasteiger partial charge in [0.05, 0.1) is 6.54 Å². The van der Waals surface area contributed by atoms with Crippen LogP contribution in [0.2, 0.25) is 0 Å². The fourth-order valence-electron chi connectivity index (χ4n) is 1.45. The number of sulfonamides is 1. The van der Waals surface area contributed by atoms with Gasteiger partial charge in [-0.2, -0.15) is 0 Å². The number of carbonyl (C=O) groups is 1. The molecule has 0 aromatic carbocycles. The number of aryl methyl sites for hydroxylation is 1. The van der Waals surface area contributed by atoms with Gasteiger partial charge in [0.25, 0.3) is 10.0 Å². The summed E-state index contributed by atoms with van der Waals surface area (Å²) in [6, 6.07) is 2.51. The smallest absolute Gasteiger partial charge is 0.274 e. The Morgan fingerprint density at radius 2 is 2.26 bits per heavy atom. The van der Waals surface area contributed by atoms with Gasteiger partial charge in [0.2, 0.25) is 5.09 Å². The van der Waals surface area contributed by atoms with Crippen molar-refractivity contribution >= 4 is 16.3 Å². The van der Waals surface area contributed by atoms with E-state index in [1.54, 1.807) is 4.57 Å². The maximum Gasteiger partial charge on any atom is 0.274 e. The predicted molar refractivity (Wildman–Crippen MR) is 63.8 cm³/mol. The SMILES string of the molecule is CCn1cnnc1CNS(=O)(=O)c1ccc(C=O)o1. The number of furan rings is 1. The highest BCUT2D eigenvalue weighted by atomic mass is 32.2. The van der Waals surface area contributed by atoms with E-state index in [9.17, 15) is 13.2 Å². The average Bonchev–Trinajstić information content (AvgIpc) is 3.05. The zero-order valence-corrected chi connectivity index (χ0v) is 10.9. The van der Waals surface area contributed by atoms with Crippen molar-refractivity contribution in [3.8, 4) is 0 Å². The van der Waals surface area contributed by atoms with E-state index in [0.717, 1.165) is 0 Å². The van der Waals surface area contributed by atoms with E-state index in [1.165, 1.54) is 18.5 Å². The Labute approximate surface area is 109 Å². The number of carbonyl (C=O) groups excluding carboxylic acids is 1. The predicted octanol–water partition coefficient (Wildman–Crippen LogP) is 0.182. The first-order valence-electron chi connectivity index (χ1n) is 5.48. The van der Waals surface area contributed by atoms with E-state index in [0.29, 0.717) is 18.7 Å². The van der Waals surface area contributed by atoms with Gasteiger partial charge in [-0.25, -0.2) is 13.1 Å². The molecule has 2 aromatic rings. The molecule has 0 saturated carbocycles. The van der Waals surface area contributed by atoms with Gasteiger partial charge in [-0.05, 0) is 19.1 Å². The molecule has 0 aliphatic heterocycles. The molecule has 0 aliphatic carbocycles. The molecule has 0 amide bonds. The standard InChI is InChI=1S/C10H12N4O4S/c1-2-14-7-11-13-9(14)5-12-19(16,17)10-4-3-8(6-15)18-10/h3-4,6-7,12H,2,5H2,1H3. The molecule has 19 heavy (non-hydrogen) atoms. The van der Waals surface area contributed by atoms with Gasteiger partial charge < -0.3 is 8.98 Å². The monoisotopic (exact) mass is 284 g/mol. The molecule has 102 valence electrons. The summed E-state index contributed by atoms with van der Waals surface area (Å²) in [7, 11) is -3.81. The summed E-state index contributed by atoms with van der Waals surface area (Å²) in [6.07, 6.45) is 1.95. The number of nitrogens with zero attached hydrogens (tertiary/aromatic N) is 3. The number of nitrogens with one attached hydrogen (secondary N) is 1. The van der Waals surface area contributed by atoms with Crippen molar-refractivity contribution in [2.45, 2.75) is 25.1 Å². The van der Waals surface area contributed by atoms with Crippen LogP contribution in [0.3, 0.4) is 0 Å². The normalized spacial score (nSPS) is 11.6. The van der Waals surface area contributed by atoms with Crippen LogP contribution in [0.4, 0.5) is 0 Å². The third-order valence-corrected chi connectivity index (χ3v) is 3.71. The van der Waals surface area contributed by atoms with Crippen molar-refractivity contribution in [3.05, 3.63) is 30.0 Å². The molecule has 1 N–H and O–H groups in total. The van der Waals surface area contributed by atoms with Crippen molar-refractivity contribution in [3.63, 3.8) is 0 Å². The number of aldehydes is 1. The van der Waals surface area contributed by atoms with Crippen molar-refractivity contribution in [2.24, 2.45) is 0 Å². The Morgan fingerprint density at radius 3 is 2.89 bits per heavy atom. The summed E-state index contributed by atoms with van der Waals surface area (Å²) in [5.41, 5.74) is 0. The van der Waals surface area contributed by atoms with Crippen molar-refractivity contribution in [1.29, 1.82) is 0 Å². The van der Waals surface area contributed by atoms with Gasteiger partial charge in [-0.1, -0.05) is 0 Å². The molecule has 0 radical (unpaired) electrons. The molecule has 0 fully saturated rings. The van der Waals surface area contributed by atoms with Gasteiger partial charge in [0.15, 0.2) is 12.0 Å². The van der Waals surface area contributed by atoms with Crippen molar-refractivity contribution in [1.82, 2.24) is 19.5 Å². The summed E-state index contributed by atoms with van der Waals surface area (Å²) in [4.78, 5) is 10.4. The lowest BCUT2D eigenvalue weighted by molar-refractivity contribution is 0.109. The molecule has 2 heterocycles. The van der Waals surface area contributed by atoms with Crippen molar-refractivity contribution < 1.29 is 17.6 Å². The maximum atomic E-state index is 11.9. The molecule has 0 bridgehead atoms. The Kier molecular flexibility index (Phi) is 3.76. The molecule has 8 nitrogen and oxygen atoms in total. The number of hydrogen-bond acceptors (Lipinski definition) is 6. The highest BCUT2D eigenvalue weighted by Gasteiger charge is 2.19. The van der Waals surface area contributed by atoms with E-state index in [-0.39, 0.29) is 17.4 Å². The summed E-state index contributed by atoms with van der Waals surface area (Å²) >= 11 is 0.